The van der Waals surface area contributed by atoms with Gasteiger partial charge in [0.05, 0.1) is 0 Å². The number of para-hydroxylation sites is 2. The lowest BCUT2D eigenvalue weighted by atomic mass is 10.1. The monoisotopic (exact) mass is 435 g/mol. The van der Waals surface area contributed by atoms with E-state index >= 15 is 0 Å². The molecule has 1 aliphatic rings. The largest absolute Gasteiger partial charge is 0.345 e. The van der Waals surface area contributed by atoms with Crippen LogP contribution in [0.2, 0.25) is 12.1 Å². The molecule has 3 rings (SSSR count). The Hall–Kier alpha value is -1.54. The third kappa shape index (κ3) is 5.83. The molecule has 0 saturated heterocycles. The molecule has 1 heterocycles. The summed E-state index contributed by atoms with van der Waals surface area (Å²) >= 11 is 0. The molecular formula is C29H45NSi. The molecule has 2 aromatic carbocycles. The molecule has 170 valence electrons. The van der Waals surface area contributed by atoms with E-state index in [0.717, 1.165) is 0 Å². The third-order valence-corrected chi connectivity index (χ3v) is 12.8. The fraction of sp³-hybridized carbons (Fsp3) is 0.586. The van der Waals surface area contributed by atoms with Crippen molar-refractivity contribution in [3.05, 3.63) is 48.5 Å². The van der Waals surface area contributed by atoms with Gasteiger partial charge in [-0.25, -0.2) is 0 Å². The summed E-state index contributed by atoms with van der Waals surface area (Å²) in [7, 11) is 0.525. The minimum absolute atomic E-state index is 1.34. The molecule has 2 heteroatoms. The quantitative estimate of drug-likeness (QED) is 0.214. The van der Waals surface area contributed by atoms with Crippen molar-refractivity contribution in [1.82, 2.24) is 0 Å². The highest BCUT2D eigenvalue weighted by atomic mass is 28.3. The molecule has 0 aliphatic carbocycles. The summed E-state index contributed by atoms with van der Waals surface area (Å²) in [5.74, 6) is 0. The molecular weight excluding hydrogens is 390 g/mol. The summed E-state index contributed by atoms with van der Waals surface area (Å²) in [5.41, 5.74) is 2.95. The van der Waals surface area contributed by atoms with E-state index in [4.69, 9.17) is 0 Å². The van der Waals surface area contributed by atoms with Gasteiger partial charge in [0.25, 0.3) is 0 Å². The summed E-state index contributed by atoms with van der Waals surface area (Å²) in [6.45, 7) is 4.63. The van der Waals surface area contributed by atoms with Gasteiger partial charge < -0.3 is 4.90 Å². The first-order chi connectivity index (χ1) is 15.2. The molecule has 0 amide bonds. The average Bonchev–Trinajstić information content (AvgIpc) is 2.81. The maximum Gasteiger partial charge on any atom is 0.123 e. The summed E-state index contributed by atoms with van der Waals surface area (Å²) in [5, 5.41) is 3.41. The first kappa shape index (κ1) is 24.1. The molecule has 0 atom stereocenters. The van der Waals surface area contributed by atoms with Crippen LogP contribution in [0.4, 0.5) is 11.4 Å². The van der Waals surface area contributed by atoms with Gasteiger partial charge in [0.15, 0.2) is 0 Å². The lowest BCUT2D eigenvalue weighted by Crippen LogP contribution is -2.62. The zero-order chi connectivity index (χ0) is 21.9. The number of hydrogen-bond donors (Lipinski definition) is 0. The first-order valence-corrected chi connectivity index (χ1v) is 15.6. The van der Waals surface area contributed by atoms with Crippen LogP contribution in [-0.2, 0) is 0 Å². The van der Waals surface area contributed by atoms with Crippen molar-refractivity contribution in [2.24, 2.45) is 0 Å². The fourth-order valence-corrected chi connectivity index (χ4v) is 11.3. The number of hydrogen-bond acceptors (Lipinski definition) is 1. The molecule has 31 heavy (non-hydrogen) atoms. The van der Waals surface area contributed by atoms with E-state index < -0.39 is 8.07 Å². The maximum atomic E-state index is 2.49. The predicted octanol–water partition coefficient (Wildman–Crippen LogP) is 8.05. The van der Waals surface area contributed by atoms with Gasteiger partial charge in [0.2, 0.25) is 0 Å². The number of anilines is 2. The van der Waals surface area contributed by atoms with E-state index in [-0.39, 0.29) is 0 Å². The van der Waals surface area contributed by atoms with Gasteiger partial charge in [-0.1, -0.05) is 127 Å². The van der Waals surface area contributed by atoms with Gasteiger partial charge in [-0.2, -0.15) is 0 Å². The van der Waals surface area contributed by atoms with Crippen molar-refractivity contribution in [3.63, 3.8) is 0 Å². The molecule has 1 aliphatic heterocycles. The second-order valence-corrected chi connectivity index (χ2v) is 14.0. The molecule has 2 aromatic rings. The van der Waals surface area contributed by atoms with Gasteiger partial charge in [-0.05, 0) is 34.6 Å². The smallest absolute Gasteiger partial charge is 0.123 e. The summed E-state index contributed by atoms with van der Waals surface area (Å²) in [6.07, 6.45) is 16.8. The maximum absolute atomic E-state index is 2.49. The molecule has 0 radical (unpaired) electrons. The Morgan fingerprint density at radius 2 is 0.935 bits per heavy atom. The SMILES string of the molecule is CCCCCCCC[Si]1(CCCCCCCC)c2ccccc2N(C)c2ccccc21. The normalized spacial score (nSPS) is 14.4. The average molecular weight is 436 g/mol. The van der Waals surface area contributed by atoms with Crippen LogP contribution in [0.3, 0.4) is 0 Å². The van der Waals surface area contributed by atoms with E-state index in [0.29, 0.717) is 0 Å². The van der Waals surface area contributed by atoms with Crippen LogP contribution in [0, 0.1) is 0 Å². The van der Waals surface area contributed by atoms with Gasteiger partial charge in [-0.3, -0.25) is 0 Å². The van der Waals surface area contributed by atoms with E-state index in [1.165, 1.54) is 101 Å². The standard InChI is InChI=1S/C29H45NSi/c1-4-6-8-10-12-18-24-31(25-19-13-11-9-7-5-2)28-22-16-14-20-26(28)30(3)27-21-15-17-23-29(27)31/h14-17,20-23H,4-13,18-19,24-25H2,1-3H3. The minimum Gasteiger partial charge on any atom is -0.345 e. The number of fused-ring (bicyclic) bond motifs is 2. The molecule has 0 N–H and O–H groups in total. The fourth-order valence-electron chi connectivity index (χ4n) is 5.69. The lowest BCUT2D eigenvalue weighted by molar-refractivity contribution is 0.616. The zero-order valence-corrected chi connectivity index (χ0v) is 21.5. The third-order valence-electron chi connectivity index (χ3n) is 7.48. The molecule has 0 spiro atoms. The van der Waals surface area contributed by atoms with Crippen molar-refractivity contribution in [3.8, 4) is 0 Å². The Morgan fingerprint density at radius 1 is 0.548 bits per heavy atom. The Kier molecular flexibility index (Phi) is 9.71. The second kappa shape index (κ2) is 12.5. The highest BCUT2D eigenvalue weighted by molar-refractivity contribution is 7.04. The van der Waals surface area contributed by atoms with E-state index in [1.54, 1.807) is 10.4 Å². The van der Waals surface area contributed by atoms with Gasteiger partial charge in [0.1, 0.15) is 8.07 Å². The zero-order valence-electron chi connectivity index (χ0n) is 20.5. The van der Waals surface area contributed by atoms with Crippen LogP contribution in [0.15, 0.2) is 48.5 Å². The van der Waals surface area contributed by atoms with Crippen LogP contribution in [0.1, 0.15) is 90.9 Å². The number of nitrogens with zero attached hydrogens (tertiary/aromatic N) is 1. The Labute approximate surface area is 193 Å². The first-order valence-electron chi connectivity index (χ1n) is 13.2. The Balaban J connectivity index is 1.84. The van der Waals surface area contributed by atoms with Gasteiger partial charge in [0, 0.05) is 18.4 Å². The molecule has 0 aromatic heterocycles. The van der Waals surface area contributed by atoms with Crippen LogP contribution in [0.25, 0.3) is 0 Å². The van der Waals surface area contributed by atoms with Gasteiger partial charge >= 0.3 is 0 Å². The second-order valence-electron chi connectivity index (χ2n) is 9.71. The van der Waals surface area contributed by atoms with Crippen molar-refractivity contribution in [2.45, 2.75) is 103 Å². The van der Waals surface area contributed by atoms with E-state index in [9.17, 15) is 0 Å². The molecule has 0 fully saturated rings. The minimum atomic E-state index is -1.74. The van der Waals surface area contributed by atoms with E-state index in [1.807, 2.05) is 0 Å². The van der Waals surface area contributed by atoms with Crippen molar-refractivity contribution >= 4 is 29.8 Å². The molecule has 0 saturated carbocycles. The predicted molar refractivity (Wildman–Crippen MR) is 142 cm³/mol. The van der Waals surface area contributed by atoms with Crippen LogP contribution >= 0.6 is 0 Å². The molecule has 0 unspecified atom stereocenters. The molecule has 0 bridgehead atoms. The summed E-state index contributed by atoms with van der Waals surface area (Å²) in [4.78, 5) is 2.46. The van der Waals surface area contributed by atoms with Crippen molar-refractivity contribution in [1.29, 1.82) is 0 Å². The van der Waals surface area contributed by atoms with Crippen molar-refractivity contribution in [2.75, 3.05) is 11.9 Å². The summed E-state index contributed by atoms with van der Waals surface area (Å²) in [6, 6.07) is 21.6. The molecule has 1 nitrogen and oxygen atoms in total. The van der Waals surface area contributed by atoms with Crippen LogP contribution in [0.5, 0.6) is 0 Å². The number of unbranched alkanes of at least 4 members (excludes halogenated alkanes) is 10. The van der Waals surface area contributed by atoms with E-state index in [2.05, 4.69) is 74.3 Å². The summed E-state index contributed by atoms with van der Waals surface area (Å²) < 4.78 is 0. The Morgan fingerprint density at radius 3 is 1.39 bits per heavy atom. The van der Waals surface area contributed by atoms with Crippen molar-refractivity contribution < 1.29 is 0 Å². The topological polar surface area (TPSA) is 3.24 Å². The highest BCUT2D eigenvalue weighted by Gasteiger charge is 2.43. The van der Waals surface area contributed by atoms with Gasteiger partial charge in [-0.15, -0.1) is 0 Å². The Bertz CT molecular complexity index is 718. The number of benzene rings is 2. The van der Waals surface area contributed by atoms with Crippen LogP contribution < -0.4 is 15.3 Å². The highest BCUT2D eigenvalue weighted by Crippen LogP contribution is 2.36. The lowest BCUT2D eigenvalue weighted by Gasteiger charge is -2.43. The van der Waals surface area contributed by atoms with Crippen LogP contribution in [-0.4, -0.2) is 15.1 Å². The number of rotatable bonds is 14.